The first-order valence-corrected chi connectivity index (χ1v) is 8.41. The van der Waals surface area contributed by atoms with Crippen LogP contribution in [0.3, 0.4) is 0 Å². The Balaban J connectivity index is 0.00000161. The molecule has 114 valence electrons. The van der Waals surface area contributed by atoms with Gasteiger partial charge in [0.2, 0.25) is 0 Å². The SMILES string of the molecule is Cl.Fc1ccc([C@H](c2ccsc2)N2CCNCC2)cc1Br. The van der Waals surface area contributed by atoms with Crippen LogP contribution in [0.4, 0.5) is 4.39 Å². The van der Waals surface area contributed by atoms with Gasteiger partial charge in [-0.25, -0.2) is 4.39 Å². The zero-order valence-corrected chi connectivity index (χ0v) is 14.6. The molecule has 6 heteroatoms. The van der Waals surface area contributed by atoms with E-state index in [0.717, 1.165) is 31.7 Å². The number of rotatable bonds is 3. The highest BCUT2D eigenvalue weighted by Crippen LogP contribution is 2.32. The van der Waals surface area contributed by atoms with Crippen LogP contribution in [0.2, 0.25) is 0 Å². The van der Waals surface area contributed by atoms with Gasteiger partial charge in [-0.1, -0.05) is 6.07 Å². The lowest BCUT2D eigenvalue weighted by Gasteiger charge is -2.35. The zero-order chi connectivity index (χ0) is 13.9. The minimum absolute atomic E-state index is 0. The average Bonchev–Trinajstić information content (AvgIpc) is 2.98. The lowest BCUT2D eigenvalue weighted by molar-refractivity contribution is 0.198. The van der Waals surface area contributed by atoms with Gasteiger partial charge in [0.25, 0.3) is 0 Å². The molecule has 0 radical (unpaired) electrons. The summed E-state index contributed by atoms with van der Waals surface area (Å²) in [7, 11) is 0. The van der Waals surface area contributed by atoms with Crippen molar-refractivity contribution in [2.24, 2.45) is 0 Å². The third kappa shape index (κ3) is 3.85. The highest BCUT2D eigenvalue weighted by Gasteiger charge is 2.24. The first-order chi connectivity index (χ1) is 9.75. The van der Waals surface area contributed by atoms with Gasteiger partial charge in [0.05, 0.1) is 10.5 Å². The number of thiophene rings is 1. The number of nitrogens with one attached hydrogen (secondary N) is 1. The van der Waals surface area contributed by atoms with Crippen LogP contribution in [0.1, 0.15) is 17.2 Å². The van der Waals surface area contributed by atoms with Gasteiger partial charge >= 0.3 is 0 Å². The van der Waals surface area contributed by atoms with Crippen molar-refractivity contribution in [1.29, 1.82) is 0 Å². The molecule has 21 heavy (non-hydrogen) atoms. The Morgan fingerprint density at radius 2 is 1.95 bits per heavy atom. The number of hydrogen-bond donors (Lipinski definition) is 1. The Hall–Kier alpha value is -0.460. The fraction of sp³-hybridized carbons (Fsp3) is 0.333. The molecule has 1 N–H and O–H groups in total. The Morgan fingerprint density at radius 3 is 2.57 bits per heavy atom. The minimum atomic E-state index is -0.210. The Morgan fingerprint density at radius 1 is 1.19 bits per heavy atom. The summed E-state index contributed by atoms with van der Waals surface area (Å²) in [5.74, 6) is -0.210. The normalized spacial score (nSPS) is 17.2. The molecular weight excluding hydrogens is 375 g/mol. The summed E-state index contributed by atoms with van der Waals surface area (Å²) in [4.78, 5) is 2.46. The molecule has 0 bridgehead atoms. The highest BCUT2D eigenvalue weighted by molar-refractivity contribution is 9.10. The largest absolute Gasteiger partial charge is 0.314 e. The van der Waals surface area contributed by atoms with E-state index in [2.05, 4.69) is 43.0 Å². The van der Waals surface area contributed by atoms with E-state index in [9.17, 15) is 4.39 Å². The smallest absolute Gasteiger partial charge is 0.137 e. The topological polar surface area (TPSA) is 15.3 Å². The molecule has 1 aliphatic rings. The van der Waals surface area contributed by atoms with Crippen LogP contribution in [0.25, 0.3) is 0 Å². The second kappa shape index (κ2) is 7.70. The van der Waals surface area contributed by atoms with E-state index in [4.69, 9.17) is 0 Å². The molecule has 2 nitrogen and oxygen atoms in total. The third-order valence-corrected chi connectivity index (χ3v) is 4.94. The van der Waals surface area contributed by atoms with Crippen molar-refractivity contribution < 1.29 is 4.39 Å². The lowest BCUT2D eigenvalue weighted by Crippen LogP contribution is -2.45. The van der Waals surface area contributed by atoms with Crippen LogP contribution in [-0.2, 0) is 0 Å². The van der Waals surface area contributed by atoms with Crippen LogP contribution >= 0.6 is 39.7 Å². The molecular formula is C15H17BrClFN2S. The summed E-state index contributed by atoms with van der Waals surface area (Å²) in [6.45, 7) is 4.02. The van der Waals surface area contributed by atoms with Crippen molar-refractivity contribution in [2.45, 2.75) is 6.04 Å². The fourth-order valence-electron chi connectivity index (χ4n) is 2.67. The van der Waals surface area contributed by atoms with Crippen LogP contribution in [0.15, 0.2) is 39.5 Å². The monoisotopic (exact) mass is 390 g/mol. The highest BCUT2D eigenvalue weighted by atomic mass is 79.9. The van der Waals surface area contributed by atoms with Gasteiger partial charge in [0.1, 0.15) is 5.82 Å². The predicted octanol–water partition coefficient (Wildman–Crippen LogP) is 4.07. The number of piperazine rings is 1. The molecule has 0 unspecified atom stereocenters. The maximum atomic E-state index is 13.5. The van der Waals surface area contributed by atoms with Crippen molar-refractivity contribution in [3.63, 3.8) is 0 Å². The van der Waals surface area contributed by atoms with Gasteiger partial charge in [-0.2, -0.15) is 11.3 Å². The van der Waals surface area contributed by atoms with Crippen molar-refractivity contribution in [3.05, 3.63) is 56.4 Å². The van der Waals surface area contributed by atoms with E-state index < -0.39 is 0 Å². The molecule has 2 heterocycles. The maximum Gasteiger partial charge on any atom is 0.137 e. The summed E-state index contributed by atoms with van der Waals surface area (Å²) in [5.41, 5.74) is 2.42. The number of hydrogen-bond acceptors (Lipinski definition) is 3. The number of nitrogens with zero attached hydrogens (tertiary/aromatic N) is 1. The summed E-state index contributed by atoms with van der Waals surface area (Å²) in [6.07, 6.45) is 0. The molecule has 1 aromatic heterocycles. The van der Waals surface area contributed by atoms with Crippen molar-refractivity contribution in [1.82, 2.24) is 10.2 Å². The van der Waals surface area contributed by atoms with Crippen LogP contribution in [0, 0.1) is 5.82 Å². The fourth-order valence-corrected chi connectivity index (χ4v) is 3.74. The van der Waals surface area contributed by atoms with Crippen molar-refractivity contribution in [2.75, 3.05) is 26.2 Å². The Bertz CT molecular complexity index is 573. The minimum Gasteiger partial charge on any atom is -0.314 e. The summed E-state index contributed by atoms with van der Waals surface area (Å²) >= 11 is 5.00. The van der Waals surface area contributed by atoms with Gasteiger partial charge in [-0.05, 0) is 56.0 Å². The van der Waals surface area contributed by atoms with Crippen molar-refractivity contribution in [3.8, 4) is 0 Å². The summed E-state index contributed by atoms with van der Waals surface area (Å²) in [6, 6.07) is 7.71. The maximum absolute atomic E-state index is 13.5. The molecule has 3 rings (SSSR count). The number of benzene rings is 1. The third-order valence-electron chi connectivity index (χ3n) is 3.64. The summed E-state index contributed by atoms with van der Waals surface area (Å²) in [5, 5.41) is 7.66. The average molecular weight is 392 g/mol. The van der Waals surface area contributed by atoms with E-state index in [0.29, 0.717) is 4.47 Å². The van der Waals surface area contributed by atoms with Gasteiger partial charge in [0, 0.05) is 26.2 Å². The standard InChI is InChI=1S/C15H16BrFN2S.ClH/c16-13-9-11(1-2-14(13)17)15(12-3-8-20-10-12)19-6-4-18-5-7-19;/h1-3,8-10,15,18H,4-7H2;1H/t15-;/m1./s1. The Kier molecular flexibility index (Phi) is 6.20. The summed E-state index contributed by atoms with van der Waals surface area (Å²) < 4.78 is 14.0. The Labute approximate surface area is 142 Å². The first kappa shape index (κ1) is 16.9. The van der Waals surface area contributed by atoms with E-state index >= 15 is 0 Å². The second-order valence-corrected chi connectivity index (χ2v) is 6.55. The van der Waals surface area contributed by atoms with E-state index in [1.165, 1.54) is 5.56 Å². The van der Waals surface area contributed by atoms with E-state index in [-0.39, 0.29) is 24.3 Å². The van der Waals surface area contributed by atoms with Gasteiger partial charge in [-0.3, -0.25) is 4.90 Å². The molecule has 1 fully saturated rings. The molecule has 0 amide bonds. The molecule has 0 saturated carbocycles. The van der Waals surface area contributed by atoms with Gasteiger partial charge in [0.15, 0.2) is 0 Å². The second-order valence-electron chi connectivity index (χ2n) is 4.92. The van der Waals surface area contributed by atoms with Crippen LogP contribution in [0.5, 0.6) is 0 Å². The molecule has 1 aromatic carbocycles. The first-order valence-electron chi connectivity index (χ1n) is 6.67. The quantitative estimate of drug-likeness (QED) is 0.848. The zero-order valence-electron chi connectivity index (χ0n) is 11.4. The molecule has 1 atom stereocenters. The lowest BCUT2D eigenvalue weighted by atomic mass is 9.99. The van der Waals surface area contributed by atoms with Crippen LogP contribution < -0.4 is 5.32 Å². The van der Waals surface area contributed by atoms with Crippen LogP contribution in [-0.4, -0.2) is 31.1 Å². The molecule has 0 aliphatic carbocycles. The molecule has 2 aromatic rings. The predicted molar refractivity (Wildman–Crippen MR) is 92.0 cm³/mol. The van der Waals surface area contributed by atoms with E-state index in [1.807, 2.05) is 12.1 Å². The van der Waals surface area contributed by atoms with Gasteiger partial charge < -0.3 is 5.32 Å². The molecule has 0 spiro atoms. The molecule has 1 saturated heterocycles. The number of halogens is 3. The van der Waals surface area contributed by atoms with Gasteiger partial charge in [-0.15, -0.1) is 12.4 Å². The van der Waals surface area contributed by atoms with E-state index in [1.54, 1.807) is 17.4 Å². The van der Waals surface area contributed by atoms with Crippen molar-refractivity contribution >= 4 is 39.7 Å². The molecule has 1 aliphatic heterocycles.